The Labute approximate surface area is 157 Å². The summed E-state index contributed by atoms with van der Waals surface area (Å²) in [5.41, 5.74) is 0.503. The van der Waals surface area contributed by atoms with Gasteiger partial charge < -0.3 is 19.5 Å². The Morgan fingerprint density at radius 2 is 2.04 bits per heavy atom. The molecule has 1 saturated heterocycles. The van der Waals surface area contributed by atoms with Crippen LogP contribution in [0.1, 0.15) is 42.5 Å². The van der Waals surface area contributed by atoms with E-state index in [1.54, 1.807) is 42.0 Å². The summed E-state index contributed by atoms with van der Waals surface area (Å²) in [7, 11) is 1.57. The molecule has 1 aliphatic heterocycles. The molecule has 1 aromatic rings. The third-order valence-corrected chi connectivity index (χ3v) is 6.00. The molecule has 6 nitrogen and oxygen atoms in total. The molecule has 1 saturated carbocycles. The summed E-state index contributed by atoms with van der Waals surface area (Å²) in [6.45, 7) is 0.560. The minimum absolute atomic E-state index is 0.0290. The molecule has 3 rings (SSSR count). The monoisotopic (exact) mass is 379 g/mol. The minimum atomic E-state index is -0.881. The third-order valence-electron chi connectivity index (χ3n) is 4.91. The molecule has 1 aliphatic carbocycles. The van der Waals surface area contributed by atoms with Crippen molar-refractivity contribution in [3.05, 3.63) is 23.8 Å². The van der Waals surface area contributed by atoms with E-state index in [9.17, 15) is 9.59 Å². The summed E-state index contributed by atoms with van der Waals surface area (Å²) in [5.74, 6) is 1.64. The second-order valence-electron chi connectivity index (χ2n) is 6.72. The zero-order chi connectivity index (χ0) is 18.5. The van der Waals surface area contributed by atoms with Gasteiger partial charge in [0.05, 0.1) is 25.7 Å². The maximum absolute atomic E-state index is 12.9. The van der Waals surface area contributed by atoms with Gasteiger partial charge in [-0.25, -0.2) is 0 Å². The van der Waals surface area contributed by atoms with Crippen LogP contribution in [0.25, 0.3) is 0 Å². The van der Waals surface area contributed by atoms with Crippen LogP contribution in [-0.2, 0) is 4.79 Å². The molecular formula is C19H25NO5S. The average molecular weight is 379 g/mol. The Balaban J connectivity index is 1.76. The van der Waals surface area contributed by atoms with Crippen molar-refractivity contribution in [2.45, 2.75) is 44.2 Å². The first-order valence-electron chi connectivity index (χ1n) is 9.03. The fourth-order valence-electron chi connectivity index (χ4n) is 3.54. The smallest absolute Gasteiger partial charge is 0.305 e. The van der Waals surface area contributed by atoms with Crippen LogP contribution in [0.3, 0.4) is 0 Å². The van der Waals surface area contributed by atoms with Crippen LogP contribution in [0, 0.1) is 0 Å². The quantitative estimate of drug-likeness (QED) is 0.819. The van der Waals surface area contributed by atoms with E-state index in [-0.39, 0.29) is 24.5 Å². The van der Waals surface area contributed by atoms with E-state index in [0.29, 0.717) is 29.4 Å². The Bertz CT molecular complexity index is 659. The molecule has 1 N–H and O–H groups in total. The fourth-order valence-corrected chi connectivity index (χ4v) is 4.60. The summed E-state index contributed by atoms with van der Waals surface area (Å²) < 4.78 is 11.5. The van der Waals surface area contributed by atoms with Crippen LogP contribution in [0.4, 0.5) is 0 Å². The molecule has 0 bridgehead atoms. The maximum atomic E-state index is 12.9. The number of amides is 1. The maximum Gasteiger partial charge on any atom is 0.305 e. The first-order valence-corrected chi connectivity index (χ1v) is 10.2. The molecule has 1 aromatic carbocycles. The van der Waals surface area contributed by atoms with Crippen molar-refractivity contribution >= 4 is 23.6 Å². The number of carboxylic acid groups (broad SMARTS) is 1. The van der Waals surface area contributed by atoms with Gasteiger partial charge in [-0.3, -0.25) is 9.59 Å². The summed E-state index contributed by atoms with van der Waals surface area (Å²) in [6, 6.07) is 4.95. The molecule has 7 heteroatoms. The van der Waals surface area contributed by atoms with E-state index >= 15 is 0 Å². The first kappa shape index (κ1) is 18.9. The molecule has 1 heterocycles. The number of rotatable bonds is 6. The predicted molar refractivity (Wildman–Crippen MR) is 100 cm³/mol. The lowest BCUT2D eigenvalue weighted by atomic mass is 10.1. The molecule has 1 unspecified atom stereocenters. The summed E-state index contributed by atoms with van der Waals surface area (Å²) in [4.78, 5) is 25.7. The van der Waals surface area contributed by atoms with Gasteiger partial charge in [0, 0.05) is 23.6 Å². The van der Waals surface area contributed by atoms with Crippen molar-refractivity contribution in [2.24, 2.45) is 0 Å². The van der Waals surface area contributed by atoms with E-state index in [4.69, 9.17) is 14.6 Å². The number of benzene rings is 1. The summed E-state index contributed by atoms with van der Waals surface area (Å²) in [6.07, 6.45) is 4.64. The molecule has 2 aliphatic rings. The van der Waals surface area contributed by atoms with Gasteiger partial charge >= 0.3 is 5.97 Å². The van der Waals surface area contributed by atoms with Gasteiger partial charge in [-0.05, 0) is 43.9 Å². The molecule has 26 heavy (non-hydrogen) atoms. The highest BCUT2D eigenvalue weighted by molar-refractivity contribution is 7.99. The number of nitrogens with zero attached hydrogens (tertiary/aromatic N) is 1. The minimum Gasteiger partial charge on any atom is -0.493 e. The number of methoxy groups -OCH3 is 1. The molecule has 142 valence electrons. The summed E-state index contributed by atoms with van der Waals surface area (Å²) in [5, 5.41) is 9.11. The zero-order valence-corrected chi connectivity index (χ0v) is 15.8. The number of carboxylic acids is 1. The van der Waals surface area contributed by atoms with E-state index in [1.165, 1.54) is 12.8 Å². The third kappa shape index (κ3) is 4.44. The van der Waals surface area contributed by atoms with Crippen molar-refractivity contribution < 1.29 is 24.2 Å². The van der Waals surface area contributed by atoms with Crippen LogP contribution in [0.2, 0.25) is 0 Å². The van der Waals surface area contributed by atoms with Crippen molar-refractivity contribution in [3.63, 3.8) is 0 Å². The Morgan fingerprint density at radius 1 is 1.27 bits per heavy atom. The van der Waals surface area contributed by atoms with E-state index in [0.717, 1.165) is 18.6 Å². The fraction of sp³-hybridized carbons (Fsp3) is 0.579. The van der Waals surface area contributed by atoms with E-state index in [2.05, 4.69) is 0 Å². The van der Waals surface area contributed by atoms with Gasteiger partial charge in [-0.2, -0.15) is 11.8 Å². The highest BCUT2D eigenvalue weighted by atomic mass is 32.2. The molecule has 0 aromatic heterocycles. The molecule has 2 fully saturated rings. The topological polar surface area (TPSA) is 76.1 Å². The normalized spacial score (nSPS) is 20.8. The van der Waals surface area contributed by atoms with Crippen LogP contribution >= 0.6 is 11.8 Å². The van der Waals surface area contributed by atoms with Crippen LogP contribution in [0.5, 0.6) is 11.5 Å². The van der Waals surface area contributed by atoms with Crippen LogP contribution < -0.4 is 9.47 Å². The predicted octanol–water partition coefficient (Wildman–Crippen LogP) is 3.05. The number of aliphatic carboxylic acids is 1. The van der Waals surface area contributed by atoms with Gasteiger partial charge in [-0.15, -0.1) is 0 Å². The van der Waals surface area contributed by atoms with Gasteiger partial charge in [0.25, 0.3) is 5.91 Å². The molecular weight excluding hydrogens is 354 g/mol. The average Bonchev–Trinajstić information content (AvgIpc) is 3.14. The highest BCUT2D eigenvalue weighted by Gasteiger charge is 2.30. The lowest BCUT2D eigenvalue weighted by molar-refractivity contribution is -0.138. The number of carbonyl (C=O) groups is 2. The second kappa shape index (κ2) is 8.66. The zero-order valence-electron chi connectivity index (χ0n) is 15.0. The van der Waals surface area contributed by atoms with Gasteiger partial charge in [0.1, 0.15) is 0 Å². The first-order chi connectivity index (χ1) is 12.6. The van der Waals surface area contributed by atoms with E-state index in [1.807, 2.05) is 0 Å². The molecule has 1 amide bonds. The molecule has 0 radical (unpaired) electrons. The van der Waals surface area contributed by atoms with Crippen LogP contribution in [0.15, 0.2) is 18.2 Å². The molecule has 0 spiro atoms. The van der Waals surface area contributed by atoms with Crippen molar-refractivity contribution in [1.29, 1.82) is 0 Å². The molecule has 1 atom stereocenters. The van der Waals surface area contributed by atoms with Gasteiger partial charge in [0.2, 0.25) is 0 Å². The van der Waals surface area contributed by atoms with Crippen molar-refractivity contribution in [2.75, 3.05) is 25.2 Å². The summed E-state index contributed by atoms with van der Waals surface area (Å²) >= 11 is 1.69. The Morgan fingerprint density at radius 3 is 2.73 bits per heavy atom. The lowest BCUT2D eigenvalue weighted by Gasteiger charge is -2.34. The number of ether oxygens (including phenoxy) is 2. The Kier molecular flexibility index (Phi) is 6.29. The highest BCUT2D eigenvalue weighted by Crippen LogP contribution is 2.33. The number of carbonyl (C=O) groups excluding carboxylic acids is 1. The second-order valence-corrected chi connectivity index (χ2v) is 7.86. The van der Waals surface area contributed by atoms with Gasteiger partial charge in [0.15, 0.2) is 11.5 Å². The number of hydrogen-bond donors (Lipinski definition) is 1. The van der Waals surface area contributed by atoms with Crippen LogP contribution in [-0.4, -0.2) is 59.2 Å². The standard InChI is InChI=1S/C19H25NO5S/c1-24-17-10-13(6-7-16(17)25-15-4-2-3-5-15)19(23)20-8-9-26-12-14(20)11-18(21)22/h6-7,10,14-15H,2-5,8-9,11-12H2,1H3,(H,21,22). The lowest BCUT2D eigenvalue weighted by Crippen LogP contribution is -2.47. The van der Waals surface area contributed by atoms with Gasteiger partial charge in [-0.1, -0.05) is 0 Å². The van der Waals surface area contributed by atoms with Crippen molar-refractivity contribution in [3.8, 4) is 11.5 Å². The largest absolute Gasteiger partial charge is 0.493 e. The van der Waals surface area contributed by atoms with E-state index < -0.39 is 5.97 Å². The van der Waals surface area contributed by atoms with Crippen molar-refractivity contribution in [1.82, 2.24) is 4.90 Å². The number of hydrogen-bond acceptors (Lipinski definition) is 5. The Hall–Kier alpha value is -1.89. The number of thioether (sulfide) groups is 1. The SMILES string of the molecule is COc1cc(C(=O)N2CCSCC2CC(=O)O)ccc1OC1CCCC1.